The Morgan fingerprint density at radius 2 is 1.66 bits per heavy atom. The van der Waals surface area contributed by atoms with Gasteiger partial charge in [-0.3, -0.25) is 9.59 Å². The molecule has 3 N–H and O–H groups in total. The molecule has 0 radical (unpaired) electrons. The zero-order chi connectivity index (χ0) is 27.3. The van der Waals surface area contributed by atoms with Gasteiger partial charge in [0.2, 0.25) is 5.91 Å². The molecule has 2 aromatic carbocycles. The average molecular weight is 525 g/mol. The first-order valence-corrected chi connectivity index (χ1v) is 13.3. The molecule has 3 rings (SSSR count). The average Bonchev–Trinajstić information content (AvgIpc) is 2.91. The molecule has 8 heteroatoms. The molecule has 0 unspecified atom stereocenters. The summed E-state index contributed by atoms with van der Waals surface area (Å²) in [5, 5.41) is 21.0. The zero-order valence-corrected chi connectivity index (χ0v) is 22.2. The molecule has 0 bridgehead atoms. The predicted molar refractivity (Wildman–Crippen MR) is 147 cm³/mol. The highest BCUT2D eigenvalue weighted by Crippen LogP contribution is 2.38. The van der Waals surface area contributed by atoms with E-state index in [1.165, 1.54) is 0 Å². The number of nitrogens with one attached hydrogen (secondary N) is 1. The van der Waals surface area contributed by atoms with E-state index in [1.54, 1.807) is 0 Å². The van der Waals surface area contributed by atoms with Gasteiger partial charge in [0.15, 0.2) is 6.29 Å². The molecular formula is C30H40N2O6. The molecule has 0 aromatic heterocycles. The third kappa shape index (κ3) is 9.68. The van der Waals surface area contributed by atoms with Crippen LogP contribution in [0.4, 0.5) is 5.69 Å². The number of carboxylic acids is 1. The highest BCUT2D eigenvalue weighted by molar-refractivity contribution is 5.90. The number of rotatable bonds is 15. The Bertz CT molecular complexity index is 1020. The van der Waals surface area contributed by atoms with E-state index in [2.05, 4.69) is 16.8 Å². The lowest BCUT2D eigenvalue weighted by molar-refractivity contribution is -0.252. The molecule has 1 aliphatic heterocycles. The summed E-state index contributed by atoms with van der Waals surface area (Å²) in [6, 6.07) is 15.3. The van der Waals surface area contributed by atoms with Crippen molar-refractivity contribution in [3.8, 4) is 0 Å². The summed E-state index contributed by atoms with van der Waals surface area (Å²) in [5.74, 6) is -0.837. The summed E-state index contributed by atoms with van der Waals surface area (Å²) in [4.78, 5) is 25.0. The van der Waals surface area contributed by atoms with Gasteiger partial charge < -0.3 is 29.9 Å². The molecule has 206 valence electrons. The Kier molecular flexibility index (Phi) is 12.0. The molecule has 8 nitrogen and oxygen atoms in total. The number of aliphatic carboxylic acids is 1. The van der Waals surface area contributed by atoms with E-state index >= 15 is 0 Å². The van der Waals surface area contributed by atoms with Gasteiger partial charge in [0.1, 0.15) is 0 Å². The molecule has 0 aliphatic carbocycles. The molecule has 3 atom stereocenters. The maximum Gasteiger partial charge on any atom is 0.303 e. The maximum absolute atomic E-state index is 12.3. The van der Waals surface area contributed by atoms with Crippen LogP contribution in [0.25, 0.3) is 0 Å². The molecule has 2 aromatic rings. The molecule has 1 heterocycles. The summed E-state index contributed by atoms with van der Waals surface area (Å²) >= 11 is 0. The van der Waals surface area contributed by atoms with E-state index < -0.39 is 12.3 Å². The first-order valence-electron chi connectivity index (χ1n) is 13.3. The van der Waals surface area contributed by atoms with E-state index in [1.807, 2.05) is 61.7 Å². The van der Waals surface area contributed by atoms with Gasteiger partial charge in [-0.2, -0.15) is 0 Å². The lowest BCUT2D eigenvalue weighted by Crippen LogP contribution is -2.37. The number of ether oxygens (including phenoxy) is 2. The van der Waals surface area contributed by atoms with Crippen molar-refractivity contribution >= 4 is 17.6 Å². The summed E-state index contributed by atoms with van der Waals surface area (Å²) in [7, 11) is 2.04. The Morgan fingerprint density at radius 1 is 1.00 bits per heavy atom. The number of unbranched alkanes of at least 4 members (excludes halogenated alkanes) is 3. The third-order valence-electron chi connectivity index (χ3n) is 6.58. The van der Waals surface area contributed by atoms with Crippen LogP contribution in [0.2, 0.25) is 0 Å². The second kappa shape index (κ2) is 15.4. The Morgan fingerprint density at radius 3 is 2.29 bits per heavy atom. The van der Waals surface area contributed by atoms with Crippen LogP contribution in [0.1, 0.15) is 74.0 Å². The lowest BCUT2D eigenvalue weighted by Gasteiger charge is -2.37. The van der Waals surface area contributed by atoms with Crippen molar-refractivity contribution in [2.75, 3.05) is 25.5 Å². The molecule has 1 saturated heterocycles. The van der Waals surface area contributed by atoms with Crippen LogP contribution in [-0.4, -0.2) is 53.2 Å². The summed E-state index contributed by atoms with van der Waals surface area (Å²) in [6.45, 7) is 5.32. The third-order valence-corrected chi connectivity index (χ3v) is 6.58. The minimum absolute atomic E-state index is 0.00218. The van der Waals surface area contributed by atoms with Gasteiger partial charge in [-0.05, 0) is 43.1 Å². The number of hydrogen-bond donors (Lipinski definition) is 3. The number of likely N-dealkylation sites (N-methyl/N-ethyl adjacent to an activating group) is 1. The van der Waals surface area contributed by atoms with E-state index in [0.29, 0.717) is 24.9 Å². The van der Waals surface area contributed by atoms with Gasteiger partial charge in [-0.1, -0.05) is 55.3 Å². The van der Waals surface area contributed by atoms with Gasteiger partial charge >= 0.3 is 5.97 Å². The van der Waals surface area contributed by atoms with Crippen LogP contribution in [0.15, 0.2) is 61.2 Å². The van der Waals surface area contributed by atoms with Gasteiger partial charge in [-0.15, -0.1) is 6.58 Å². The minimum Gasteiger partial charge on any atom is -0.481 e. The SMILES string of the molecule is C=CCN(C)C[C@@H]1C[C@H](c2ccc(CO)cc2)O[C@H](c2ccc(NC(=O)CCCCCCC(=O)O)cc2)O1. The Balaban J connectivity index is 1.59. The number of benzene rings is 2. The topological polar surface area (TPSA) is 108 Å². The number of nitrogens with zero attached hydrogens (tertiary/aromatic N) is 1. The van der Waals surface area contributed by atoms with Crippen LogP contribution in [0.5, 0.6) is 0 Å². The molecular weight excluding hydrogens is 484 g/mol. The van der Waals surface area contributed by atoms with Crippen LogP contribution < -0.4 is 5.32 Å². The Labute approximate surface area is 225 Å². The number of hydrogen-bond acceptors (Lipinski definition) is 6. The lowest BCUT2D eigenvalue weighted by atomic mass is 9.99. The normalized spacial score (nSPS) is 19.3. The molecule has 1 amide bonds. The van der Waals surface area contributed by atoms with Crippen molar-refractivity contribution in [1.82, 2.24) is 4.90 Å². The number of aliphatic hydroxyl groups excluding tert-OH is 1. The van der Waals surface area contributed by atoms with Crippen molar-refractivity contribution in [2.45, 2.75) is 70.1 Å². The second-order valence-electron chi connectivity index (χ2n) is 9.84. The number of carbonyl (C=O) groups is 2. The molecule has 0 spiro atoms. The fourth-order valence-corrected chi connectivity index (χ4v) is 4.54. The number of anilines is 1. The zero-order valence-electron chi connectivity index (χ0n) is 22.2. The van der Waals surface area contributed by atoms with Gasteiger partial charge in [-0.25, -0.2) is 0 Å². The van der Waals surface area contributed by atoms with E-state index in [0.717, 1.165) is 49.0 Å². The minimum atomic E-state index is -0.780. The Hall–Kier alpha value is -3.04. The summed E-state index contributed by atoms with van der Waals surface area (Å²) < 4.78 is 12.7. The van der Waals surface area contributed by atoms with Crippen LogP contribution in [-0.2, 0) is 25.7 Å². The molecule has 1 aliphatic rings. The van der Waals surface area contributed by atoms with Gasteiger partial charge in [0, 0.05) is 43.6 Å². The van der Waals surface area contributed by atoms with Gasteiger partial charge in [0.05, 0.1) is 18.8 Å². The van der Waals surface area contributed by atoms with Crippen LogP contribution in [0.3, 0.4) is 0 Å². The molecule has 38 heavy (non-hydrogen) atoms. The van der Waals surface area contributed by atoms with Crippen LogP contribution in [0, 0.1) is 0 Å². The summed E-state index contributed by atoms with van der Waals surface area (Å²) in [5.41, 5.74) is 3.47. The molecule has 0 saturated carbocycles. The van der Waals surface area contributed by atoms with E-state index in [4.69, 9.17) is 14.6 Å². The van der Waals surface area contributed by atoms with Crippen LogP contribution >= 0.6 is 0 Å². The van der Waals surface area contributed by atoms with Gasteiger partial charge in [0.25, 0.3) is 0 Å². The highest BCUT2D eigenvalue weighted by Gasteiger charge is 2.32. The number of amides is 1. The first-order chi connectivity index (χ1) is 18.4. The maximum atomic E-state index is 12.3. The second-order valence-corrected chi connectivity index (χ2v) is 9.84. The van der Waals surface area contributed by atoms with Crippen molar-refractivity contribution < 1.29 is 29.3 Å². The van der Waals surface area contributed by atoms with Crippen molar-refractivity contribution in [1.29, 1.82) is 0 Å². The van der Waals surface area contributed by atoms with Crippen molar-refractivity contribution in [3.63, 3.8) is 0 Å². The standard InChI is InChI=1S/C30H40N2O6/c1-3-18-32(2)20-26-19-27(23-12-10-22(21-33)11-13-23)38-30(37-26)24-14-16-25(17-15-24)31-28(34)8-6-4-5-7-9-29(35)36/h3,10-17,26-27,30,33H,1,4-9,18-21H2,2H3,(H,31,34)(H,35,36)/t26-,27+,30+/m0/s1. The first kappa shape index (κ1) is 29.5. The fraction of sp³-hybridized carbons (Fsp3) is 0.467. The number of carbonyl (C=O) groups excluding carboxylic acids is 1. The predicted octanol–water partition coefficient (Wildman–Crippen LogP) is 5.21. The monoisotopic (exact) mass is 524 g/mol. The quantitative estimate of drug-likeness (QED) is 0.217. The highest BCUT2D eigenvalue weighted by atomic mass is 16.7. The summed E-state index contributed by atoms with van der Waals surface area (Å²) in [6.07, 6.45) is 5.43. The fourth-order valence-electron chi connectivity index (χ4n) is 4.54. The largest absolute Gasteiger partial charge is 0.481 e. The van der Waals surface area contributed by atoms with Crippen molar-refractivity contribution in [2.24, 2.45) is 0 Å². The van der Waals surface area contributed by atoms with E-state index in [-0.39, 0.29) is 31.1 Å². The number of carboxylic acid groups (broad SMARTS) is 1. The smallest absolute Gasteiger partial charge is 0.303 e. The number of aliphatic hydroxyl groups is 1. The van der Waals surface area contributed by atoms with Crippen molar-refractivity contribution in [3.05, 3.63) is 77.9 Å². The van der Waals surface area contributed by atoms with E-state index in [9.17, 15) is 14.7 Å². The molecule has 1 fully saturated rings.